The van der Waals surface area contributed by atoms with Crippen LogP contribution in [0, 0.1) is 0 Å². The number of nitrogens with zero attached hydrogens (tertiary/aromatic N) is 2. The lowest BCUT2D eigenvalue weighted by Gasteiger charge is -2.23. The van der Waals surface area contributed by atoms with Crippen LogP contribution in [-0.2, 0) is 33.7 Å². The molecule has 0 spiro atoms. The van der Waals surface area contributed by atoms with Gasteiger partial charge in [0.05, 0.1) is 13.7 Å². The smallest absolute Gasteiger partial charge is 0.343 e. The minimum Gasteiger partial charge on any atom is -0.492 e. The standard InChI is InChI=1S/C22H26N2O6S/c1-28-22(27)20-16-4-7-23(21(26)17-3-2-10-29-17)8-9-24(16)19(25)13-18(20)30-11-5-15-6-12-31-14-15/h6,12-14,17H,2-5,7-11H2,1H3/t17-/m1/s1. The molecule has 0 saturated carbocycles. The predicted molar refractivity (Wildman–Crippen MR) is 115 cm³/mol. The third-order valence-electron chi connectivity index (χ3n) is 5.73. The zero-order valence-electron chi connectivity index (χ0n) is 17.5. The third-order valence-corrected chi connectivity index (χ3v) is 6.46. The Kier molecular flexibility index (Phi) is 6.72. The second-order valence-electron chi connectivity index (χ2n) is 7.62. The summed E-state index contributed by atoms with van der Waals surface area (Å²) >= 11 is 1.61. The van der Waals surface area contributed by atoms with E-state index in [0.29, 0.717) is 51.4 Å². The Balaban J connectivity index is 1.57. The van der Waals surface area contributed by atoms with Crippen molar-refractivity contribution < 1.29 is 23.8 Å². The van der Waals surface area contributed by atoms with Gasteiger partial charge in [-0.05, 0) is 35.2 Å². The first kappa shape index (κ1) is 21.6. The van der Waals surface area contributed by atoms with E-state index in [1.807, 2.05) is 16.8 Å². The highest BCUT2D eigenvalue weighted by Crippen LogP contribution is 2.25. The van der Waals surface area contributed by atoms with Crippen molar-refractivity contribution in [1.82, 2.24) is 9.47 Å². The van der Waals surface area contributed by atoms with Crippen LogP contribution in [0.1, 0.15) is 34.5 Å². The van der Waals surface area contributed by atoms with Gasteiger partial charge in [0.2, 0.25) is 0 Å². The van der Waals surface area contributed by atoms with Crippen molar-refractivity contribution >= 4 is 23.2 Å². The lowest BCUT2D eigenvalue weighted by Crippen LogP contribution is -2.40. The van der Waals surface area contributed by atoms with E-state index in [1.54, 1.807) is 20.8 Å². The van der Waals surface area contributed by atoms with Crippen LogP contribution in [-0.4, -0.2) is 60.9 Å². The molecule has 4 rings (SSSR count). The van der Waals surface area contributed by atoms with E-state index < -0.39 is 12.1 Å². The molecular weight excluding hydrogens is 420 g/mol. The monoisotopic (exact) mass is 446 g/mol. The Bertz CT molecular complexity index is 994. The summed E-state index contributed by atoms with van der Waals surface area (Å²) in [5, 5.41) is 4.03. The molecule has 1 fully saturated rings. The van der Waals surface area contributed by atoms with Gasteiger partial charge in [0.1, 0.15) is 17.4 Å². The molecule has 4 heterocycles. The minimum atomic E-state index is -0.548. The van der Waals surface area contributed by atoms with E-state index in [0.717, 1.165) is 18.4 Å². The Labute approximate surface area is 184 Å². The second kappa shape index (κ2) is 9.65. The van der Waals surface area contributed by atoms with Crippen molar-refractivity contribution in [3.63, 3.8) is 0 Å². The van der Waals surface area contributed by atoms with Crippen molar-refractivity contribution in [1.29, 1.82) is 0 Å². The molecule has 2 aromatic rings. The topological polar surface area (TPSA) is 87.1 Å². The highest BCUT2D eigenvalue weighted by molar-refractivity contribution is 7.07. The van der Waals surface area contributed by atoms with Crippen LogP contribution in [0.2, 0.25) is 0 Å². The number of fused-ring (bicyclic) bond motifs is 1. The summed E-state index contributed by atoms with van der Waals surface area (Å²) in [5.41, 5.74) is 1.70. The lowest BCUT2D eigenvalue weighted by molar-refractivity contribution is -0.140. The van der Waals surface area contributed by atoms with Gasteiger partial charge in [-0.2, -0.15) is 11.3 Å². The van der Waals surface area contributed by atoms with Gasteiger partial charge in [-0.15, -0.1) is 0 Å². The van der Waals surface area contributed by atoms with Crippen LogP contribution >= 0.6 is 11.3 Å². The number of esters is 1. The third kappa shape index (κ3) is 4.67. The zero-order valence-corrected chi connectivity index (χ0v) is 18.3. The van der Waals surface area contributed by atoms with Crippen molar-refractivity contribution in [2.75, 3.05) is 33.4 Å². The number of amides is 1. The number of aromatic nitrogens is 1. The second-order valence-corrected chi connectivity index (χ2v) is 8.40. The fraction of sp³-hybridized carbons (Fsp3) is 0.500. The Morgan fingerprint density at radius 3 is 2.87 bits per heavy atom. The van der Waals surface area contributed by atoms with Crippen LogP contribution < -0.4 is 10.3 Å². The number of ether oxygens (including phenoxy) is 3. The summed E-state index contributed by atoms with van der Waals surface area (Å²) < 4.78 is 18.0. The van der Waals surface area contributed by atoms with Crippen molar-refractivity contribution in [2.24, 2.45) is 0 Å². The largest absolute Gasteiger partial charge is 0.492 e. The van der Waals surface area contributed by atoms with E-state index >= 15 is 0 Å². The predicted octanol–water partition coefficient (Wildman–Crippen LogP) is 1.88. The number of methoxy groups -OCH3 is 1. The molecule has 1 saturated heterocycles. The fourth-order valence-corrected chi connectivity index (χ4v) is 4.80. The maximum absolute atomic E-state index is 12.8. The highest BCUT2D eigenvalue weighted by Gasteiger charge is 2.31. The van der Waals surface area contributed by atoms with E-state index in [4.69, 9.17) is 14.2 Å². The zero-order chi connectivity index (χ0) is 21.8. The van der Waals surface area contributed by atoms with Gasteiger partial charge in [-0.25, -0.2) is 4.79 Å². The maximum atomic E-state index is 12.8. The molecule has 31 heavy (non-hydrogen) atoms. The normalized spacial score (nSPS) is 18.4. The number of carbonyl (C=O) groups is 2. The number of hydrogen-bond donors (Lipinski definition) is 0. The summed E-state index contributed by atoms with van der Waals surface area (Å²) in [5.74, 6) is -0.365. The van der Waals surface area contributed by atoms with Crippen LogP contribution in [0.3, 0.4) is 0 Å². The molecule has 0 bridgehead atoms. The maximum Gasteiger partial charge on any atom is 0.343 e. The van der Waals surface area contributed by atoms with E-state index in [2.05, 4.69) is 0 Å². The van der Waals surface area contributed by atoms with Crippen molar-refractivity contribution in [3.8, 4) is 5.75 Å². The average Bonchev–Trinajstić information content (AvgIpc) is 3.44. The molecule has 2 aliphatic heterocycles. The quantitative estimate of drug-likeness (QED) is 0.630. The summed E-state index contributed by atoms with van der Waals surface area (Å²) in [6.07, 6.45) is 2.22. The van der Waals surface area contributed by atoms with Gasteiger partial charge in [0, 0.05) is 50.8 Å². The molecule has 166 valence electrons. The van der Waals surface area contributed by atoms with Gasteiger partial charge >= 0.3 is 5.97 Å². The van der Waals surface area contributed by atoms with Crippen molar-refractivity contribution in [3.05, 3.63) is 50.1 Å². The van der Waals surface area contributed by atoms with E-state index in [-0.39, 0.29) is 22.8 Å². The van der Waals surface area contributed by atoms with Gasteiger partial charge in [-0.3, -0.25) is 9.59 Å². The molecule has 0 aromatic carbocycles. The summed E-state index contributed by atoms with van der Waals surface area (Å²) in [7, 11) is 1.31. The number of pyridine rings is 1. The van der Waals surface area contributed by atoms with Gasteiger partial charge < -0.3 is 23.7 Å². The molecule has 2 aliphatic rings. The Morgan fingerprint density at radius 1 is 1.29 bits per heavy atom. The summed E-state index contributed by atoms with van der Waals surface area (Å²) in [4.78, 5) is 40.0. The molecule has 1 atom stereocenters. The minimum absolute atomic E-state index is 0.0507. The number of rotatable bonds is 6. The van der Waals surface area contributed by atoms with Crippen LogP contribution in [0.15, 0.2) is 27.7 Å². The molecule has 0 N–H and O–H groups in total. The Hall–Kier alpha value is -2.65. The average molecular weight is 447 g/mol. The molecule has 2 aromatic heterocycles. The number of thiophene rings is 1. The summed E-state index contributed by atoms with van der Waals surface area (Å²) in [6, 6.07) is 3.36. The van der Waals surface area contributed by atoms with E-state index in [9.17, 15) is 14.4 Å². The fourth-order valence-electron chi connectivity index (χ4n) is 4.10. The highest BCUT2D eigenvalue weighted by atomic mass is 32.1. The molecule has 0 aliphatic carbocycles. The van der Waals surface area contributed by atoms with Gasteiger partial charge in [0.15, 0.2) is 0 Å². The first-order valence-electron chi connectivity index (χ1n) is 10.5. The van der Waals surface area contributed by atoms with Gasteiger partial charge in [-0.1, -0.05) is 0 Å². The van der Waals surface area contributed by atoms with Crippen LogP contribution in [0.5, 0.6) is 5.75 Å². The number of hydrogen-bond acceptors (Lipinski definition) is 7. The molecule has 1 amide bonds. The Morgan fingerprint density at radius 2 is 2.16 bits per heavy atom. The summed E-state index contributed by atoms with van der Waals surface area (Å²) in [6.45, 7) is 2.05. The van der Waals surface area contributed by atoms with E-state index in [1.165, 1.54) is 13.2 Å². The molecule has 0 radical (unpaired) electrons. The molecular formula is C22H26N2O6S. The first-order chi connectivity index (χ1) is 15.1. The number of carbonyl (C=O) groups excluding carboxylic acids is 2. The first-order valence-corrected chi connectivity index (χ1v) is 11.4. The van der Waals surface area contributed by atoms with Crippen LogP contribution in [0.4, 0.5) is 0 Å². The molecule has 0 unspecified atom stereocenters. The molecule has 9 heteroatoms. The SMILES string of the molecule is COC(=O)c1c(OCCc2ccsc2)cc(=O)n2c1CCN(C(=O)[C@H]1CCCO1)CC2. The van der Waals surface area contributed by atoms with Crippen molar-refractivity contribution in [2.45, 2.75) is 38.3 Å². The molecule has 8 nitrogen and oxygen atoms in total. The lowest BCUT2D eigenvalue weighted by atomic mass is 10.1. The van der Waals surface area contributed by atoms with Crippen LogP contribution in [0.25, 0.3) is 0 Å². The van der Waals surface area contributed by atoms with Gasteiger partial charge in [0.25, 0.3) is 11.5 Å².